The first-order valence-electron chi connectivity index (χ1n) is 9.38. The van der Waals surface area contributed by atoms with E-state index in [4.69, 9.17) is 0 Å². The maximum atomic E-state index is 12.9. The van der Waals surface area contributed by atoms with Crippen molar-refractivity contribution in [1.82, 2.24) is 14.1 Å². The van der Waals surface area contributed by atoms with Crippen LogP contribution in [-0.2, 0) is 24.4 Å². The van der Waals surface area contributed by atoms with Gasteiger partial charge in [-0.15, -0.1) is 0 Å². The van der Waals surface area contributed by atoms with Crippen molar-refractivity contribution in [2.45, 2.75) is 38.0 Å². The molecule has 0 radical (unpaired) electrons. The fourth-order valence-corrected chi connectivity index (χ4v) is 5.27. The molecule has 2 saturated heterocycles. The summed E-state index contributed by atoms with van der Waals surface area (Å²) >= 11 is 0. The van der Waals surface area contributed by atoms with Crippen LogP contribution in [0.25, 0.3) is 0 Å². The Kier molecular flexibility index (Phi) is 5.85. The standard InChI is InChI=1S/C19H25N3O5S/c1-14-3-4-15(2)16(13-14)28(26,27)21-11-9-20(10-12-21)17(23)7-8-22-18(24)5-6-19(22)25/h3-4,13H,5-12H2,1-2H3. The van der Waals surface area contributed by atoms with E-state index in [0.29, 0.717) is 23.5 Å². The predicted octanol–water partition coefficient (Wildman–Crippen LogP) is 0.675. The number of imide groups is 1. The highest BCUT2D eigenvalue weighted by Crippen LogP contribution is 2.22. The molecule has 3 rings (SSSR count). The molecule has 3 amide bonds. The highest BCUT2D eigenvalue weighted by molar-refractivity contribution is 7.89. The van der Waals surface area contributed by atoms with E-state index in [1.165, 1.54) is 4.31 Å². The minimum absolute atomic E-state index is 0.0707. The lowest BCUT2D eigenvalue weighted by atomic mass is 10.2. The average Bonchev–Trinajstić information content (AvgIpc) is 2.99. The Morgan fingerprint density at radius 2 is 1.61 bits per heavy atom. The Bertz CT molecular complexity index is 888. The molecule has 1 aromatic carbocycles. The van der Waals surface area contributed by atoms with Gasteiger partial charge in [0, 0.05) is 52.0 Å². The third-order valence-electron chi connectivity index (χ3n) is 5.26. The van der Waals surface area contributed by atoms with Crippen molar-refractivity contribution in [3.8, 4) is 0 Å². The molecule has 1 aromatic rings. The molecular formula is C19H25N3O5S. The third-order valence-corrected chi connectivity index (χ3v) is 7.30. The number of carbonyl (C=O) groups excluding carboxylic acids is 3. The zero-order chi connectivity index (χ0) is 20.5. The summed E-state index contributed by atoms with van der Waals surface area (Å²) in [6, 6.07) is 5.34. The monoisotopic (exact) mass is 407 g/mol. The van der Waals surface area contributed by atoms with Gasteiger partial charge in [0.25, 0.3) is 0 Å². The number of carbonyl (C=O) groups is 3. The van der Waals surface area contributed by atoms with Crippen LogP contribution in [0, 0.1) is 13.8 Å². The maximum absolute atomic E-state index is 12.9. The molecule has 9 heteroatoms. The van der Waals surface area contributed by atoms with E-state index in [9.17, 15) is 22.8 Å². The summed E-state index contributed by atoms with van der Waals surface area (Å²) < 4.78 is 27.3. The number of nitrogens with zero attached hydrogens (tertiary/aromatic N) is 3. The topological polar surface area (TPSA) is 95.1 Å². The van der Waals surface area contributed by atoms with Crippen LogP contribution in [0.1, 0.15) is 30.4 Å². The smallest absolute Gasteiger partial charge is 0.243 e. The summed E-state index contributed by atoms with van der Waals surface area (Å²) in [5.74, 6) is -0.638. The zero-order valence-electron chi connectivity index (χ0n) is 16.2. The van der Waals surface area contributed by atoms with E-state index in [1.54, 1.807) is 24.0 Å². The molecule has 0 aromatic heterocycles. The van der Waals surface area contributed by atoms with Crippen LogP contribution < -0.4 is 0 Å². The second kappa shape index (κ2) is 8.00. The molecular weight excluding hydrogens is 382 g/mol. The van der Waals surface area contributed by atoms with Gasteiger partial charge in [-0.3, -0.25) is 19.3 Å². The summed E-state index contributed by atoms with van der Waals surface area (Å²) in [5, 5.41) is 0. The van der Waals surface area contributed by atoms with E-state index >= 15 is 0 Å². The molecule has 2 aliphatic heterocycles. The Balaban J connectivity index is 1.58. The van der Waals surface area contributed by atoms with Gasteiger partial charge in [-0.25, -0.2) is 8.42 Å². The number of likely N-dealkylation sites (tertiary alicyclic amines) is 1. The van der Waals surface area contributed by atoms with Crippen LogP contribution in [0.2, 0.25) is 0 Å². The molecule has 152 valence electrons. The number of aryl methyl sites for hydroxylation is 2. The fraction of sp³-hybridized carbons (Fsp3) is 0.526. The number of rotatable bonds is 5. The van der Waals surface area contributed by atoms with Crippen LogP contribution in [0.5, 0.6) is 0 Å². The molecule has 28 heavy (non-hydrogen) atoms. The van der Waals surface area contributed by atoms with Crippen molar-refractivity contribution >= 4 is 27.7 Å². The van der Waals surface area contributed by atoms with E-state index in [2.05, 4.69) is 0 Å². The molecule has 0 bridgehead atoms. The van der Waals surface area contributed by atoms with Crippen molar-refractivity contribution in [2.75, 3.05) is 32.7 Å². The van der Waals surface area contributed by atoms with Crippen molar-refractivity contribution in [3.63, 3.8) is 0 Å². The number of hydrogen-bond acceptors (Lipinski definition) is 5. The molecule has 0 N–H and O–H groups in total. The van der Waals surface area contributed by atoms with E-state index in [1.807, 2.05) is 13.0 Å². The van der Waals surface area contributed by atoms with E-state index in [-0.39, 0.29) is 56.6 Å². The molecule has 2 fully saturated rings. The molecule has 0 saturated carbocycles. The van der Waals surface area contributed by atoms with Gasteiger partial charge < -0.3 is 4.90 Å². The number of amides is 3. The van der Waals surface area contributed by atoms with Gasteiger partial charge in [-0.2, -0.15) is 4.31 Å². The van der Waals surface area contributed by atoms with Crippen molar-refractivity contribution in [3.05, 3.63) is 29.3 Å². The van der Waals surface area contributed by atoms with Crippen molar-refractivity contribution in [2.24, 2.45) is 0 Å². The summed E-state index contributed by atoms with van der Waals surface area (Å²) in [6.45, 7) is 4.76. The van der Waals surface area contributed by atoms with Crippen LogP contribution in [0.15, 0.2) is 23.1 Å². The second-order valence-electron chi connectivity index (χ2n) is 7.24. The predicted molar refractivity (Wildman–Crippen MR) is 102 cm³/mol. The second-order valence-corrected chi connectivity index (χ2v) is 9.15. The molecule has 2 aliphatic rings. The molecule has 0 aliphatic carbocycles. The van der Waals surface area contributed by atoms with Crippen molar-refractivity contribution in [1.29, 1.82) is 0 Å². The first-order chi connectivity index (χ1) is 13.2. The summed E-state index contributed by atoms with van der Waals surface area (Å²) in [4.78, 5) is 38.7. The van der Waals surface area contributed by atoms with Crippen molar-refractivity contribution < 1.29 is 22.8 Å². The molecule has 2 heterocycles. The molecule has 0 unspecified atom stereocenters. The van der Waals surface area contributed by atoms with Crippen LogP contribution in [-0.4, -0.2) is 73.0 Å². The zero-order valence-corrected chi connectivity index (χ0v) is 17.0. The maximum Gasteiger partial charge on any atom is 0.243 e. The van der Waals surface area contributed by atoms with Crippen LogP contribution >= 0.6 is 0 Å². The molecule has 0 spiro atoms. The van der Waals surface area contributed by atoms with E-state index < -0.39 is 10.0 Å². The number of piperazine rings is 1. The average molecular weight is 407 g/mol. The largest absolute Gasteiger partial charge is 0.340 e. The van der Waals surface area contributed by atoms with Gasteiger partial charge in [-0.05, 0) is 31.0 Å². The van der Waals surface area contributed by atoms with E-state index in [0.717, 1.165) is 10.5 Å². The van der Waals surface area contributed by atoms with Gasteiger partial charge >= 0.3 is 0 Å². The fourth-order valence-electron chi connectivity index (χ4n) is 3.54. The quantitative estimate of drug-likeness (QED) is 0.669. The number of sulfonamides is 1. The molecule has 0 atom stereocenters. The number of benzene rings is 1. The van der Waals surface area contributed by atoms with Gasteiger partial charge in [0.1, 0.15) is 0 Å². The summed E-state index contributed by atoms with van der Waals surface area (Å²) in [7, 11) is -3.61. The first kappa shape index (κ1) is 20.5. The normalized spacial score (nSPS) is 18.8. The summed E-state index contributed by atoms with van der Waals surface area (Å²) in [6.07, 6.45) is 0.491. The Labute approximate surface area is 165 Å². The lowest BCUT2D eigenvalue weighted by molar-refractivity contribution is -0.139. The van der Waals surface area contributed by atoms with Gasteiger partial charge in [0.05, 0.1) is 4.90 Å². The van der Waals surface area contributed by atoms with Crippen LogP contribution in [0.4, 0.5) is 0 Å². The summed E-state index contributed by atoms with van der Waals surface area (Å²) in [5.41, 5.74) is 1.58. The Morgan fingerprint density at radius 1 is 1.00 bits per heavy atom. The minimum Gasteiger partial charge on any atom is -0.340 e. The van der Waals surface area contributed by atoms with Crippen LogP contribution in [0.3, 0.4) is 0 Å². The first-order valence-corrected chi connectivity index (χ1v) is 10.8. The van der Waals surface area contributed by atoms with Gasteiger partial charge in [-0.1, -0.05) is 12.1 Å². The third kappa shape index (κ3) is 4.10. The minimum atomic E-state index is -3.61. The highest BCUT2D eigenvalue weighted by atomic mass is 32.2. The Morgan fingerprint density at radius 3 is 2.21 bits per heavy atom. The van der Waals surface area contributed by atoms with Gasteiger partial charge in [0.15, 0.2) is 0 Å². The van der Waals surface area contributed by atoms with Gasteiger partial charge in [0.2, 0.25) is 27.7 Å². The molecule has 8 nitrogen and oxygen atoms in total. The number of hydrogen-bond donors (Lipinski definition) is 0. The SMILES string of the molecule is Cc1ccc(C)c(S(=O)(=O)N2CCN(C(=O)CCN3C(=O)CCC3=O)CC2)c1. The Hall–Kier alpha value is -2.26. The lowest BCUT2D eigenvalue weighted by Crippen LogP contribution is -2.51. The highest BCUT2D eigenvalue weighted by Gasteiger charge is 2.32. The lowest BCUT2D eigenvalue weighted by Gasteiger charge is -2.34.